The Hall–Kier alpha value is -0.680. The third kappa shape index (κ3) is 2.28. The van der Waals surface area contributed by atoms with Gasteiger partial charge in [-0.2, -0.15) is 0 Å². The molecule has 0 aromatic rings. The average molecular weight is 149 g/mol. The van der Waals surface area contributed by atoms with E-state index in [0.717, 1.165) is 0 Å². The molecule has 0 spiro atoms. The van der Waals surface area contributed by atoms with E-state index in [0.29, 0.717) is 0 Å². The predicted molar refractivity (Wildman–Crippen MR) is 34.2 cm³/mol. The van der Waals surface area contributed by atoms with Crippen molar-refractivity contribution >= 4 is 0 Å². The van der Waals surface area contributed by atoms with Crippen molar-refractivity contribution in [1.29, 1.82) is 0 Å². The second-order valence-electron chi connectivity index (χ2n) is 2.01. The molecule has 10 heavy (non-hydrogen) atoms. The van der Waals surface area contributed by atoms with Gasteiger partial charge in [0.25, 0.3) is 6.04 Å². The first-order valence-corrected chi connectivity index (χ1v) is 3.05. The van der Waals surface area contributed by atoms with Crippen LogP contribution < -0.4 is 0 Å². The highest BCUT2D eigenvalue weighted by Gasteiger charge is 2.26. The molecule has 0 bridgehead atoms. The Labute approximate surface area is 58.4 Å². The highest BCUT2D eigenvalue weighted by Crippen LogP contribution is 2.00. The molecule has 0 aliphatic carbocycles. The maximum Gasteiger partial charge on any atom is 0.261 e. The van der Waals surface area contributed by atoms with Crippen molar-refractivity contribution in [2.24, 2.45) is 0 Å². The molecule has 60 valence electrons. The highest BCUT2D eigenvalue weighted by atomic mass is 16.6. The van der Waals surface area contributed by atoms with Crippen LogP contribution in [-0.2, 0) is 0 Å². The van der Waals surface area contributed by atoms with Crippen molar-refractivity contribution < 1.29 is 15.1 Å². The van der Waals surface area contributed by atoms with E-state index in [9.17, 15) is 10.1 Å². The molecule has 2 N–H and O–H groups in total. The Balaban J connectivity index is 3.92. The van der Waals surface area contributed by atoms with Crippen molar-refractivity contribution in [1.82, 2.24) is 0 Å². The second kappa shape index (κ2) is 4.19. The molecule has 0 aromatic carbocycles. The number of nitro groups is 1. The standard InChI is InChI=1S/C5H11NO4/c1-2-5(8)4(3-7)6(9)10/h4-5,7-8H,2-3H2,1H3. The molecule has 0 saturated heterocycles. The van der Waals surface area contributed by atoms with Gasteiger partial charge in [0.2, 0.25) is 0 Å². The predicted octanol–water partition coefficient (Wildman–Crippen LogP) is -0.605. The number of aliphatic hydroxyl groups excluding tert-OH is 2. The SMILES string of the molecule is CCC(O)C(CO)[N+](=O)[O-]. The van der Waals surface area contributed by atoms with Gasteiger partial charge in [0.15, 0.2) is 0 Å². The molecule has 0 aliphatic rings. The van der Waals surface area contributed by atoms with Crippen LogP contribution in [0.2, 0.25) is 0 Å². The fourth-order valence-corrected chi connectivity index (χ4v) is 0.601. The van der Waals surface area contributed by atoms with Crippen molar-refractivity contribution in [3.8, 4) is 0 Å². The van der Waals surface area contributed by atoms with Crippen molar-refractivity contribution in [2.45, 2.75) is 25.5 Å². The van der Waals surface area contributed by atoms with Gasteiger partial charge < -0.3 is 10.2 Å². The average Bonchev–Trinajstić information content (AvgIpc) is 1.88. The van der Waals surface area contributed by atoms with E-state index in [1.807, 2.05) is 0 Å². The summed E-state index contributed by atoms with van der Waals surface area (Å²) in [5.74, 6) is 0. The molecule has 0 rings (SSSR count). The van der Waals surface area contributed by atoms with Gasteiger partial charge in [-0.05, 0) is 6.42 Å². The Kier molecular flexibility index (Phi) is 3.90. The van der Waals surface area contributed by atoms with E-state index >= 15 is 0 Å². The summed E-state index contributed by atoms with van der Waals surface area (Å²) in [5, 5.41) is 27.3. The van der Waals surface area contributed by atoms with Crippen LogP contribution in [0.1, 0.15) is 13.3 Å². The van der Waals surface area contributed by atoms with Crippen molar-refractivity contribution in [3.63, 3.8) is 0 Å². The van der Waals surface area contributed by atoms with Crippen LogP contribution in [0.15, 0.2) is 0 Å². The first-order chi connectivity index (χ1) is 4.63. The number of hydrogen-bond acceptors (Lipinski definition) is 4. The summed E-state index contributed by atoms with van der Waals surface area (Å²) < 4.78 is 0. The van der Waals surface area contributed by atoms with Gasteiger partial charge in [-0.15, -0.1) is 0 Å². The van der Waals surface area contributed by atoms with Crippen LogP contribution >= 0.6 is 0 Å². The normalized spacial score (nSPS) is 16.3. The molecule has 2 atom stereocenters. The van der Waals surface area contributed by atoms with Crippen LogP contribution in [0, 0.1) is 10.1 Å². The largest absolute Gasteiger partial charge is 0.389 e. The van der Waals surface area contributed by atoms with Crippen LogP contribution in [0.25, 0.3) is 0 Å². The minimum atomic E-state index is -1.23. The molecule has 0 amide bonds. The van der Waals surface area contributed by atoms with Gasteiger partial charge >= 0.3 is 0 Å². The topological polar surface area (TPSA) is 83.6 Å². The molecule has 2 unspecified atom stereocenters. The van der Waals surface area contributed by atoms with E-state index in [2.05, 4.69) is 0 Å². The molecule has 0 radical (unpaired) electrons. The first-order valence-electron chi connectivity index (χ1n) is 3.05. The second-order valence-corrected chi connectivity index (χ2v) is 2.01. The molecule has 5 heteroatoms. The Bertz CT molecular complexity index is 116. The zero-order valence-corrected chi connectivity index (χ0v) is 5.73. The lowest BCUT2D eigenvalue weighted by atomic mass is 10.1. The Morgan fingerprint density at radius 1 is 1.70 bits per heavy atom. The molecular weight excluding hydrogens is 138 g/mol. The summed E-state index contributed by atoms with van der Waals surface area (Å²) in [5.41, 5.74) is 0. The Morgan fingerprint density at radius 3 is 2.30 bits per heavy atom. The first kappa shape index (κ1) is 9.32. The van der Waals surface area contributed by atoms with Crippen molar-refractivity contribution in [2.75, 3.05) is 6.61 Å². The zero-order chi connectivity index (χ0) is 8.15. The van der Waals surface area contributed by atoms with Gasteiger partial charge in [-0.25, -0.2) is 0 Å². The van der Waals surface area contributed by atoms with Crippen LogP contribution in [0.5, 0.6) is 0 Å². The van der Waals surface area contributed by atoms with E-state index in [4.69, 9.17) is 10.2 Å². The molecule has 5 nitrogen and oxygen atoms in total. The molecule has 0 heterocycles. The van der Waals surface area contributed by atoms with Crippen LogP contribution in [0.3, 0.4) is 0 Å². The lowest BCUT2D eigenvalue weighted by Gasteiger charge is -2.10. The summed E-state index contributed by atoms with van der Waals surface area (Å²) >= 11 is 0. The lowest BCUT2D eigenvalue weighted by Crippen LogP contribution is -2.36. The van der Waals surface area contributed by atoms with Crippen molar-refractivity contribution in [3.05, 3.63) is 10.1 Å². The maximum atomic E-state index is 10.0. The van der Waals surface area contributed by atoms with E-state index in [1.54, 1.807) is 6.92 Å². The molecule has 0 fully saturated rings. The van der Waals surface area contributed by atoms with Gasteiger partial charge in [0, 0.05) is 4.92 Å². The fraction of sp³-hybridized carbons (Fsp3) is 1.00. The quantitative estimate of drug-likeness (QED) is 0.412. The van der Waals surface area contributed by atoms with Gasteiger partial charge in [-0.1, -0.05) is 6.92 Å². The van der Waals surface area contributed by atoms with Crippen LogP contribution in [-0.4, -0.2) is 33.9 Å². The van der Waals surface area contributed by atoms with Gasteiger partial charge in [0.1, 0.15) is 12.7 Å². The summed E-state index contributed by atoms with van der Waals surface area (Å²) in [6.45, 7) is 1.01. The maximum absolute atomic E-state index is 10.0. The third-order valence-electron chi connectivity index (χ3n) is 1.32. The summed E-state index contributed by atoms with van der Waals surface area (Å²) in [7, 11) is 0. The Morgan fingerprint density at radius 2 is 2.20 bits per heavy atom. The summed E-state index contributed by atoms with van der Waals surface area (Å²) in [6.07, 6.45) is -0.758. The number of nitrogens with zero attached hydrogens (tertiary/aromatic N) is 1. The number of rotatable bonds is 4. The number of hydrogen-bond donors (Lipinski definition) is 2. The fourth-order valence-electron chi connectivity index (χ4n) is 0.601. The molecule has 0 aliphatic heterocycles. The number of aliphatic hydroxyl groups is 2. The monoisotopic (exact) mass is 149 g/mol. The lowest BCUT2D eigenvalue weighted by molar-refractivity contribution is -0.537. The summed E-state index contributed by atoms with van der Waals surface area (Å²) in [4.78, 5) is 9.34. The minimum absolute atomic E-state index is 0.284. The van der Waals surface area contributed by atoms with Gasteiger partial charge in [0.05, 0.1) is 0 Å². The smallest absolute Gasteiger partial charge is 0.261 e. The zero-order valence-electron chi connectivity index (χ0n) is 5.73. The van der Waals surface area contributed by atoms with E-state index in [-0.39, 0.29) is 6.42 Å². The summed E-state index contributed by atoms with van der Waals surface area (Å²) in [6, 6.07) is -1.23. The van der Waals surface area contributed by atoms with Gasteiger partial charge in [-0.3, -0.25) is 10.1 Å². The highest BCUT2D eigenvalue weighted by molar-refractivity contribution is 4.63. The van der Waals surface area contributed by atoms with E-state index in [1.165, 1.54) is 0 Å². The molecule has 0 saturated carbocycles. The van der Waals surface area contributed by atoms with E-state index < -0.39 is 23.7 Å². The molecule has 0 aromatic heterocycles. The molecular formula is C5H11NO4. The minimum Gasteiger partial charge on any atom is -0.389 e. The van der Waals surface area contributed by atoms with Crippen LogP contribution in [0.4, 0.5) is 0 Å². The third-order valence-corrected chi connectivity index (χ3v) is 1.32.